The number of nitrogens with zero attached hydrogens (tertiary/aromatic N) is 5. The molecule has 0 saturated heterocycles. The van der Waals surface area contributed by atoms with E-state index in [2.05, 4.69) is 40.2 Å². The van der Waals surface area contributed by atoms with Crippen LogP contribution in [0.15, 0.2) is 63.8 Å². The monoisotopic (exact) mass is 488 g/mol. The standard InChI is InChI=1S/C27H36N8O/c1-3-34(4-2)14-8-11-21-17-27(29,25-16-23(31-32-25)20-12-13-20)35(26(28)30-21)18-22-15-24(33-36-22)19-9-6-5-7-10-19/h5-7,9-10,15-17,20H,3-4,8,11-14,18,29H2,1-2H3,(H2,28,30)(H,31,32). The van der Waals surface area contributed by atoms with Crippen molar-refractivity contribution in [1.82, 2.24) is 25.2 Å². The van der Waals surface area contributed by atoms with Crippen LogP contribution in [0.4, 0.5) is 0 Å². The van der Waals surface area contributed by atoms with Gasteiger partial charge in [-0.25, -0.2) is 4.99 Å². The molecule has 3 heterocycles. The van der Waals surface area contributed by atoms with Crippen LogP contribution in [-0.4, -0.2) is 50.7 Å². The van der Waals surface area contributed by atoms with Gasteiger partial charge >= 0.3 is 0 Å². The Morgan fingerprint density at radius 2 is 1.94 bits per heavy atom. The smallest absolute Gasteiger partial charge is 0.198 e. The second-order valence-corrected chi connectivity index (χ2v) is 9.67. The molecule has 0 spiro atoms. The first-order valence-corrected chi connectivity index (χ1v) is 12.9. The Balaban J connectivity index is 1.41. The molecule has 36 heavy (non-hydrogen) atoms. The van der Waals surface area contributed by atoms with Crippen LogP contribution in [-0.2, 0) is 12.2 Å². The molecule has 1 aromatic carbocycles. The van der Waals surface area contributed by atoms with E-state index >= 15 is 0 Å². The van der Waals surface area contributed by atoms with Gasteiger partial charge in [-0.2, -0.15) is 5.10 Å². The number of hydrogen-bond acceptors (Lipinski definition) is 8. The second-order valence-electron chi connectivity index (χ2n) is 9.67. The Hall–Kier alpha value is -3.43. The van der Waals surface area contributed by atoms with Gasteiger partial charge in [0.05, 0.1) is 17.9 Å². The molecule has 9 heteroatoms. The Morgan fingerprint density at radius 1 is 1.17 bits per heavy atom. The zero-order chi connectivity index (χ0) is 25.1. The number of guanidine groups is 1. The fourth-order valence-electron chi connectivity index (χ4n) is 4.77. The van der Waals surface area contributed by atoms with Gasteiger partial charge in [0.1, 0.15) is 5.69 Å². The minimum atomic E-state index is -1.03. The molecule has 0 bridgehead atoms. The first kappa shape index (κ1) is 24.3. The quantitative estimate of drug-likeness (QED) is 0.374. The lowest BCUT2D eigenvalue weighted by Gasteiger charge is -2.41. The molecule has 1 aliphatic heterocycles. The molecule has 1 aliphatic carbocycles. The van der Waals surface area contributed by atoms with Crippen molar-refractivity contribution < 1.29 is 4.52 Å². The van der Waals surface area contributed by atoms with Gasteiger partial charge < -0.3 is 25.8 Å². The number of nitrogens with one attached hydrogen (secondary N) is 1. The summed E-state index contributed by atoms with van der Waals surface area (Å²) in [5.74, 6) is 1.53. The summed E-state index contributed by atoms with van der Waals surface area (Å²) in [5.41, 5.74) is 17.2. The number of rotatable bonds is 11. The molecule has 1 unspecified atom stereocenters. The molecule has 3 aromatic rings. The van der Waals surface area contributed by atoms with Crippen molar-refractivity contribution in [2.45, 2.75) is 57.7 Å². The maximum atomic E-state index is 7.13. The summed E-state index contributed by atoms with van der Waals surface area (Å²) in [6, 6.07) is 13.9. The number of aromatic amines is 1. The summed E-state index contributed by atoms with van der Waals surface area (Å²) in [6.45, 7) is 7.78. The topological polar surface area (TPSA) is 126 Å². The van der Waals surface area contributed by atoms with Crippen LogP contribution in [0, 0.1) is 0 Å². The lowest BCUT2D eigenvalue weighted by molar-refractivity contribution is 0.191. The SMILES string of the molecule is CCN(CC)CCCC1=CC(N)(c2cc(C3CC3)n[nH]2)N(Cc2cc(-c3ccccc3)no2)C(N)=N1. The number of aromatic nitrogens is 3. The average molecular weight is 489 g/mol. The van der Waals surface area contributed by atoms with Gasteiger partial charge in [0.15, 0.2) is 17.4 Å². The third-order valence-electron chi connectivity index (χ3n) is 7.14. The third kappa shape index (κ3) is 5.08. The molecule has 0 radical (unpaired) electrons. The van der Waals surface area contributed by atoms with Gasteiger partial charge in [-0.3, -0.25) is 5.10 Å². The highest BCUT2D eigenvalue weighted by Crippen LogP contribution is 2.41. The Bertz CT molecular complexity index is 1220. The van der Waals surface area contributed by atoms with Crippen LogP contribution in [0.2, 0.25) is 0 Å². The van der Waals surface area contributed by atoms with Gasteiger partial charge in [0.2, 0.25) is 0 Å². The van der Waals surface area contributed by atoms with Crippen LogP contribution in [0.1, 0.15) is 62.6 Å². The highest BCUT2D eigenvalue weighted by molar-refractivity contribution is 5.81. The van der Waals surface area contributed by atoms with Crippen molar-refractivity contribution in [3.63, 3.8) is 0 Å². The minimum absolute atomic E-state index is 0.326. The van der Waals surface area contributed by atoms with E-state index in [1.165, 1.54) is 12.8 Å². The number of H-pyrrole nitrogens is 1. The van der Waals surface area contributed by atoms with Crippen molar-refractivity contribution in [3.05, 3.63) is 71.4 Å². The Kier molecular flexibility index (Phi) is 6.93. The molecule has 0 amide bonds. The number of hydrogen-bond donors (Lipinski definition) is 3. The highest BCUT2D eigenvalue weighted by Gasteiger charge is 2.40. The molecule has 9 nitrogen and oxygen atoms in total. The van der Waals surface area contributed by atoms with Gasteiger partial charge in [0, 0.05) is 23.2 Å². The maximum Gasteiger partial charge on any atom is 0.198 e. The normalized spacial score (nSPS) is 20.1. The predicted molar refractivity (Wildman–Crippen MR) is 141 cm³/mol. The summed E-state index contributed by atoms with van der Waals surface area (Å²) >= 11 is 0. The molecular formula is C27H36N8O. The minimum Gasteiger partial charge on any atom is -0.369 e. The van der Waals surface area contributed by atoms with Crippen molar-refractivity contribution >= 4 is 5.96 Å². The van der Waals surface area contributed by atoms with Crippen LogP contribution >= 0.6 is 0 Å². The molecule has 1 atom stereocenters. The van der Waals surface area contributed by atoms with Crippen molar-refractivity contribution in [2.75, 3.05) is 19.6 Å². The zero-order valence-electron chi connectivity index (χ0n) is 21.2. The van der Waals surface area contributed by atoms with E-state index in [4.69, 9.17) is 21.0 Å². The second kappa shape index (κ2) is 10.3. The van der Waals surface area contributed by atoms with E-state index in [1.54, 1.807) is 0 Å². The van der Waals surface area contributed by atoms with E-state index in [-0.39, 0.29) is 0 Å². The van der Waals surface area contributed by atoms with E-state index in [9.17, 15) is 0 Å². The molecule has 2 aliphatic rings. The zero-order valence-corrected chi connectivity index (χ0v) is 21.2. The van der Waals surface area contributed by atoms with Gasteiger partial charge in [-0.05, 0) is 57.5 Å². The fraction of sp³-hybridized carbons (Fsp3) is 0.444. The number of nitrogens with two attached hydrogens (primary N) is 2. The summed E-state index contributed by atoms with van der Waals surface area (Å²) in [6.07, 6.45) is 6.14. The Labute approximate surface area is 212 Å². The lowest BCUT2D eigenvalue weighted by Crippen LogP contribution is -2.58. The summed E-state index contributed by atoms with van der Waals surface area (Å²) < 4.78 is 5.69. The molecule has 190 valence electrons. The molecule has 1 saturated carbocycles. The van der Waals surface area contributed by atoms with Gasteiger partial charge in [-0.1, -0.05) is 49.3 Å². The first-order valence-electron chi connectivity index (χ1n) is 12.9. The number of benzene rings is 1. The summed E-state index contributed by atoms with van der Waals surface area (Å²) in [4.78, 5) is 9.00. The van der Waals surface area contributed by atoms with E-state index in [1.807, 2.05) is 47.4 Å². The number of aliphatic imine (C=N–C) groups is 1. The van der Waals surface area contributed by atoms with E-state index < -0.39 is 5.66 Å². The van der Waals surface area contributed by atoms with Gasteiger partial charge in [0.25, 0.3) is 0 Å². The van der Waals surface area contributed by atoms with Crippen LogP contribution in [0.25, 0.3) is 11.3 Å². The molecule has 5 rings (SSSR count). The first-order chi connectivity index (χ1) is 17.5. The molecule has 5 N–H and O–H groups in total. The average Bonchev–Trinajstić information content (AvgIpc) is 3.41. The summed E-state index contributed by atoms with van der Waals surface area (Å²) in [7, 11) is 0. The molecule has 2 aromatic heterocycles. The number of allylic oxidation sites excluding steroid dienone is 1. The van der Waals surface area contributed by atoms with Crippen LogP contribution in [0.5, 0.6) is 0 Å². The van der Waals surface area contributed by atoms with Crippen molar-refractivity contribution in [2.24, 2.45) is 16.5 Å². The third-order valence-corrected chi connectivity index (χ3v) is 7.14. The fourth-order valence-corrected chi connectivity index (χ4v) is 4.77. The van der Waals surface area contributed by atoms with E-state index in [0.29, 0.717) is 24.2 Å². The Morgan fingerprint density at radius 3 is 2.67 bits per heavy atom. The van der Waals surface area contributed by atoms with Crippen LogP contribution < -0.4 is 11.5 Å². The molecule has 1 fully saturated rings. The van der Waals surface area contributed by atoms with E-state index in [0.717, 1.165) is 60.8 Å². The lowest BCUT2D eigenvalue weighted by atomic mass is 9.99. The highest BCUT2D eigenvalue weighted by atomic mass is 16.5. The molecular weight excluding hydrogens is 452 g/mol. The van der Waals surface area contributed by atoms with Gasteiger partial charge in [-0.15, -0.1) is 0 Å². The van der Waals surface area contributed by atoms with Crippen LogP contribution in [0.3, 0.4) is 0 Å². The van der Waals surface area contributed by atoms with Crippen molar-refractivity contribution in [3.8, 4) is 11.3 Å². The summed E-state index contributed by atoms with van der Waals surface area (Å²) in [5, 5.41) is 12.0. The maximum absolute atomic E-state index is 7.13. The van der Waals surface area contributed by atoms with Crippen molar-refractivity contribution in [1.29, 1.82) is 0 Å². The largest absolute Gasteiger partial charge is 0.369 e. The predicted octanol–water partition coefficient (Wildman–Crippen LogP) is 3.89.